The number of carbonyl (C=O) groups excluding carboxylic acids is 2. The van der Waals surface area contributed by atoms with Crippen LogP contribution in [0, 0.1) is 0 Å². The summed E-state index contributed by atoms with van der Waals surface area (Å²) < 4.78 is 10.3. The Morgan fingerprint density at radius 1 is 0.640 bits per heavy atom. The molecule has 0 fully saturated rings. The maximum Gasteiger partial charge on any atom is 0.357 e. The highest BCUT2D eigenvalue weighted by Gasteiger charge is 2.35. The third-order valence-corrected chi connectivity index (χ3v) is 4.31. The minimum absolute atomic E-state index is 0.263. The van der Waals surface area contributed by atoms with E-state index in [0.29, 0.717) is 13.2 Å². The molecule has 0 aromatic heterocycles. The molecule has 0 aliphatic carbocycles. The lowest BCUT2D eigenvalue weighted by Gasteiger charge is -2.02. The van der Waals surface area contributed by atoms with Crippen molar-refractivity contribution in [3.63, 3.8) is 0 Å². The Bertz CT molecular complexity index is 393. The van der Waals surface area contributed by atoms with Crippen molar-refractivity contribution >= 4 is 11.9 Å². The molecule has 5 heteroatoms. The molecule has 0 bridgehead atoms. The van der Waals surface area contributed by atoms with Gasteiger partial charge in [0.05, 0.1) is 13.2 Å². The topological polar surface area (TPSA) is 74.5 Å². The standard InChI is InChI=1S/C20H35NO4/c1-3-5-7-9-11-13-15-24-19(22)17-18(21-17)20(23)25-16-14-12-10-8-6-4-2/h21H,3-16H2,1-2H3. The van der Waals surface area contributed by atoms with Crippen molar-refractivity contribution in [2.45, 2.75) is 90.9 Å². The molecule has 0 atom stereocenters. The highest BCUT2D eigenvalue weighted by atomic mass is 16.5. The Morgan fingerprint density at radius 3 is 1.40 bits per heavy atom. The largest absolute Gasteiger partial charge is 0.461 e. The van der Waals surface area contributed by atoms with E-state index in [1.807, 2.05) is 0 Å². The van der Waals surface area contributed by atoms with E-state index in [4.69, 9.17) is 9.47 Å². The molecule has 25 heavy (non-hydrogen) atoms. The number of unbranched alkanes of at least 4 members (excludes halogenated alkanes) is 10. The fraction of sp³-hybridized carbons (Fsp3) is 0.800. The zero-order valence-electron chi connectivity index (χ0n) is 16.0. The first-order chi connectivity index (χ1) is 12.2. The predicted octanol–water partition coefficient (Wildman–Crippen LogP) is 4.61. The smallest absolute Gasteiger partial charge is 0.357 e. The molecule has 1 aliphatic heterocycles. The second-order valence-electron chi connectivity index (χ2n) is 6.68. The lowest BCUT2D eigenvalue weighted by Crippen LogP contribution is -2.07. The molecule has 0 unspecified atom stereocenters. The number of rotatable bonds is 16. The Balaban J connectivity index is 2.03. The third kappa shape index (κ3) is 10.1. The van der Waals surface area contributed by atoms with Crippen LogP contribution in [-0.2, 0) is 19.1 Å². The lowest BCUT2D eigenvalue weighted by atomic mass is 10.1. The quantitative estimate of drug-likeness (QED) is 0.324. The van der Waals surface area contributed by atoms with Gasteiger partial charge in [-0.1, -0.05) is 78.1 Å². The van der Waals surface area contributed by atoms with E-state index in [1.54, 1.807) is 0 Å². The number of nitrogens with one attached hydrogen (secondary N) is 1. The van der Waals surface area contributed by atoms with Crippen LogP contribution in [0.1, 0.15) is 90.9 Å². The average molecular weight is 354 g/mol. The van der Waals surface area contributed by atoms with Crippen LogP contribution in [0.15, 0.2) is 11.4 Å². The summed E-state index contributed by atoms with van der Waals surface area (Å²) in [5, 5.41) is 2.69. The van der Waals surface area contributed by atoms with E-state index < -0.39 is 11.9 Å². The van der Waals surface area contributed by atoms with E-state index in [-0.39, 0.29) is 11.4 Å². The Morgan fingerprint density at radius 2 is 1.00 bits per heavy atom. The Hall–Kier alpha value is -1.52. The molecular weight excluding hydrogens is 318 g/mol. The van der Waals surface area contributed by atoms with Crippen molar-refractivity contribution in [2.75, 3.05) is 13.2 Å². The lowest BCUT2D eigenvalue weighted by molar-refractivity contribution is -0.140. The first-order valence-electron chi connectivity index (χ1n) is 10.1. The minimum Gasteiger partial charge on any atom is -0.461 e. The fourth-order valence-corrected chi connectivity index (χ4v) is 2.64. The summed E-state index contributed by atoms with van der Waals surface area (Å²) in [4.78, 5) is 23.6. The first kappa shape index (κ1) is 21.5. The maximum absolute atomic E-state index is 11.8. The van der Waals surface area contributed by atoms with Crippen LogP contribution >= 0.6 is 0 Å². The van der Waals surface area contributed by atoms with Gasteiger partial charge in [-0.3, -0.25) is 0 Å². The maximum atomic E-state index is 11.8. The monoisotopic (exact) mass is 353 g/mol. The number of hydrogen-bond acceptors (Lipinski definition) is 5. The summed E-state index contributed by atoms with van der Waals surface area (Å²) >= 11 is 0. The highest BCUT2D eigenvalue weighted by molar-refractivity contribution is 6.06. The molecule has 1 N–H and O–H groups in total. The molecule has 144 valence electrons. The Kier molecular flexibility index (Phi) is 11.8. The molecule has 0 spiro atoms. The van der Waals surface area contributed by atoms with Crippen LogP contribution < -0.4 is 5.32 Å². The van der Waals surface area contributed by atoms with E-state index >= 15 is 0 Å². The van der Waals surface area contributed by atoms with Crippen LogP contribution in [-0.4, -0.2) is 25.2 Å². The molecule has 1 heterocycles. The fourth-order valence-electron chi connectivity index (χ4n) is 2.64. The van der Waals surface area contributed by atoms with Gasteiger partial charge in [-0.25, -0.2) is 9.59 Å². The van der Waals surface area contributed by atoms with E-state index in [0.717, 1.165) is 25.7 Å². The van der Waals surface area contributed by atoms with E-state index in [2.05, 4.69) is 19.2 Å². The second kappa shape index (κ2) is 13.7. The van der Waals surface area contributed by atoms with Gasteiger partial charge in [-0.2, -0.15) is 0 Å². The minimum atomic E-state index is -0.444. The van der Waals surface area contributed by atoms with E-state index in [9.17, 15) is 9.59 Å². The van der Waals surface area contributed by atoms with Gasteiger partial charge in [-0.05, 0) is 12.8 Å². The number of esters is 2. The summed E-state index contributed by atoms with van der Waals surface area (Å²) in [7, 11) is 0. The van der Waals surface area contributed by atoms with Crippen LogP contribution in [0.2, 0.25) is 0 Å². The molecule has 0 radical (unpaired) electrons. The number of hydrogen-bond donors (Lipinski definition) is 1. The van der Waals surface area contributed by atoms with Gasteiger partial charge >= 0.3 is 11.9 Å². The zero-order chi connectivity index (χ0) is 18.3. The molecule has 5 nitrogen and oxygen atoms in total. The normalized spacial score (nSPS) is 12.7. The number of ether oxygens (including phenoxy) is 2. The summed E-state index contributed by atoms with van der Waals surface area (Å²) in [5.74, 6) is -0.889. The molecule has 1 rings (SSSR count). The predicted molar refractivity (Wildman–Crippen MR) is 98.8 cm³/mol. The SMILES string of the molecule is CCCCCCCCOC(=O)C1=C(C(=O)OCCCCCCCC)N1. The molecule has 0 amide bonds. The Labute approximate surface area is 152 Å². The summed E-state index contributed by atoms with van der Waals surface area (Å²) in [6.07, 6.45) is 13.7. The summed E-state index contributed by atoms with van der Waals surface area (Å²) in [6.45, 7) is 5.20. The van der Waals surface area contributed by atoms with Crippen LogP contribution in [0.3, 0.4) is 0 Å². The van der Waals surface area contributed by atoms with Crippen LogP contribution in [0.5, 0.6) is 0 Å². The highest BCUT2D eigenvalue weighted by Crippen LogP contribution is 2.18. The van der Waals surface area contributed by atoms with Crippen molar-refractivity contribution in [2.24, 2.45) is 0 Å². The number of carbonyl (C=O) groups is 2. The van der Waals surface area contributed by atoms with E-state index in [1.165, 1.54) is 51.4 Å². The molecular formula is C20H35NO4. The van der Waals surface area contributed by atoms with Gasteiger partial charge < -0.3 is 14.8 Å². The summed E-state index contributed by atoms with van der Waals surface area (Å²) in [6, 6.07) is 0. The molecule has 0 aromatic rings. The van der Waals surface area contributed by atoms with Crippen molar-refractivity contribution in [1.29, 1.82) is 0 Å². The van der Waals surface area contributed by atoms with Gasteiger partial charge in [0.1, 0.15) is 0 Å². The van der Waals surface area contributed by atoms with Gasteiger partial charge in [0, 0.05) is 0 Å². The molecule has 0 saturated carbocycles. The van der Waals surface area contributed by atoms with Crippen molar-refractivity contribution < 1.29 is 19.1 Å². The summed E-state index contributed by atoms with van der Waals surface area (Å²) in [5.41, 5.74) is 0.526. The van der Waals surface area contributed by atoms with Crippen molar-refractivity contribution in [1.82, 2.24) is 5.32 Å². The van der Waals surface area contributed by atoms with Gasteiger partial charge in [0.15, 0.2) is 11.4 Å². The van der Waals surface area contributed by atoms with Gasteiger partial charge in [0.2, 0.25) is 0 Å². The van der Waals surface area contributed by atoms with Gasteiger partial charge in [-0.15, -0.1) is 0 Å². The van der Waals surface area contributed by atoms with Crippen molar-refractivity contribution in [3.8, 4) is 0 Å². The van der Waals surface area contributed by atoms with Crippen LogP contribution in [0.4, 0.5) is 0 Å². The molecule has 0 saturated heterocycles. The van der Waals surface area contributed by atoms with Gasteiger partial charge in [0.25, 0.3) is 0 Å². The third-order valence-electron chi connectivity index (χ3n) is 4.31. The second-order valence-corrected chi connectivity index (χ2v) is 6.68. The molecule has 0 aromatic carbocycles. The first-order valence-corrected chi connectivity index (χ1v) is 10.1. The average Bonchev–Trinajstić information content (AvgIpc) is 3.41. The zero-order valence-corrected chi connectivity index (χ0v) is 16.0. The molecule has 1 aliphatic rings. The van der Waals surface area contributed by atoms with Crippen LogP contribution in [0.25, 0.3) is 0 Å². The van der Waals surface area contributed by atoms with Crippen molar-refractivity contribution in [3.05, 3.63) is 11.4 Å².